The minimum absolute atomic E-state index is 0.0159. The minimum Gasteiger partial charge on any atom is -0.507 e. The molecule has 0 spiro atoms. The third-order valence-electron chi connectivity index (χ3n) is 12.0. The molecule has 1 amide bonds. The number of hydrogen-bond acceptors (Lipinski definition) is 14. The number of fused-ring (bicyclic) bond motifs is 12. The number of benzene rings is 2. The first-order valence-electron chi connectivity index (χ1n) is 19.5. The zero-order valence-corrected chi connectivity index (χ0v) is 34.2. The fourth-order valence-electron chi connectivity index (χ4n) is 8.30. The Kier molecular flexibility index (Phi) is 12.0. The molecule has 2 aromatic carbocycles. The molecule has 7 rings (SSSR count). The van der Waals surface area contributed by atoms with Crippen LogP contribution in [0, 0.1) is 36.5 Å². The molecular weight excluding hydrogens is 764 g/mol. The average Bonchev–Trinajstić information content (AvgIpc) is 3.97. The summed E-state index contributed by atoms with van der Waals surface area (Å²) in [6.07, 6.45) is -0.156. The second-order valence-electron chi connectivity index (χ2n) is 16.0. The number of Topliss-reactive ketones (excluding diaryl/α,β-unsaturated/α-hetero) is 3. The quantitative estimate of drug-likeness (QED) is 0.271. The van der Waals surface area contributed by atoms with Gasteiger partial charge in [-0.1, -0.05) is 51.1 Å². The molecule has 1 saturated carbocycles. The number of ketones is 4. The second-order valence-corrected chi connectivity index (χ2v) is 16.0. The van der Waals surface area contributed by atoms with Gasteiger partial charge in [-0.25, -0.2) is 0 Å². The molecule has 0 radical (unpaired) electrons. The van der Waals surface area contributed by atoms with Crippen molar-refractivity contribution in [1.29, 1.82) is 0 Å². The molecule has 0 aromatic heterocycles. The van der Waals surface area contributed by atoms with Gasteiger partial charge in [0, 0.05) is 62.3 Å². The van der Waals surface area contributed by atoms with Crippen LogP contribution in [0.25, 0.3) is 0 Å². The first-order chi connectivity index (χ1) is 27.8. The van der Waals surface area contributed by atoms with Gasteiger partial charge < -0.3 is 44.9 Å². The van der Waals surface area contributed by atoms with E-state index in [1.165, 1.54) is 40.9 Å². The van der Waals surface area contributed by atoms with Crippen molar-refractivity contribution in [3.63, 3.8) is 0 Å². The Morgan fingerprint density at radius 2 is 1.63 bits per heavy atom. The summed E-state index contributed by atoms with van der Waals surface area (Å²) in [7, 11) is 1.41. The average molecular weight is 815 g/mol. The number of carbonyl (C=O) groups is 6. The van der Waals surface area contributed by atoms with Crippen molar-refractivity contribution in [2.24, 2.45) is 29.6 Å². The Bertz CT molecular complexity index is 2190. The van der Waals surface area contributed by atoms with Gasteiger partial charge >= 0.3 is 11.8 Å². The van der Waals surface area contributed by atoms with E-state index in [9.17, 15) is 44.1 Å². The van der Waals surface area contributed by atoms with Gasteiger partial charge in [-0.15, -0.1) is 0 Å². The lowest BCUT2D eigenvalue weighted by Crippen LogP contribution is -2.46. The maximum Gasteiger partial charge on any atom is 0.312 e. The Morgan fingerprint density at radius 3 is 2.27 bits per heavy atom. The predicted octanol–water partition coefficient (Wildman–Crippen LogP) is 3.76. The van der Waals surface area contributed by atoms with Crippen LogP contribution in [-0.2, 0) is 35.1 Å². The van der Waals surface area contributed by atoms with Crippen LogP contribution in [0.3, 0.4) is 0 Å². The number of aromatic hydroxyl groups is 1. The van der Waals surface area contributed by atoms with Gasteiger partial charge in [-0.3, -0.25) is 28.8 Å². The normalized spacial score (nSPS) is 32.6. The van der Waals surface area contributed by atoms with Crippen LogP contribution >= 0.6 is 0 Å². The summed E-state index contributed by atoms with van der Waals surface area (Å²) in [5.41, 5.74) is -1.61. The van der Waals surface area contributed by atoms with Crippen LogP contribution < -0.4 is 15.4 Å². The number of carbonyl (C=O) groups excluding carboxylic acids is 6. The lowest BCUT2D eigenvalue weighted by molar-refractivity contribution is -0.160. The van der Waals surface area contributed by atoms with Gasteiger partial charge in [0.25, 0.3) is 11.7 Å². The van der Waals surface area contributed by atoms with Gasteiger partial charge in [-0.05, 0) is 43.9 Å². The minimum atomic E-state index is -2.11. The van der Waals surface area contributed by atoms with Crippen molar-refractivity contribution in [3.8, 4) is 11.5 Å². The third kappa shape index (κ3) is 7.94. The predicted molar refractivity (Wildman–Crippen MR) is 210 cm³/mol. The van der Waals surface area contributed by atoms with E-state index in [1.807, 2.05) is 0 Å². The van der Waals surface area contributed by atoms with Crippen molar-refractivity contribution in [2.75, 3.05) is 7.11 Å². The number of hydrogen-bond donors (Lipinski definition) is 5. The Labute approximate surface area is 341 Å². The van der Waals surface area contributed by atoms with E-state index >= 15 is 0 Å². The summed E-state index contributed by atoms with van der Waals surface area (Å²) < 4.78 is 23.4. The van der Waals surface area contributed by atoms with Gasteiger partial charge in [-0.2, -0.15) is 0 Å². The Hall–Kier alpha value is -5.64. The van der Waals surface area contributed by atoms with E-state index in [4.69, 9.17) is 18.9 Å². The van der Waals surface area contributed by atoms with E-state index < -0.39 is 117 Å². The summed E-state index contributed by atoms with van der Waals surface area (Å²) >= 11 is 0. The molecule has 15 nitrogen and oxygen atoms in total. The van der Waals surface area contributed by atoms with Crippen molar-refractivity contribution >= 4 is 35.0 Å². The van der Waals surface area contributed by atoms with E-state index in [-0.39, 0.29) is 41.1 Å². The SMILES string of the molecule is CO[C@H]1/C=C/O[C@@]2(C)Oc3c(C)c(O)c4c(c3C2=O)C(=O)C(NCc2ccccc2)=C(NC(=O)/C(C)=C\C(=O)[C@@H]2C[C@@H]2[C@H](O)[C@@H](C)[C@@H](O)[C@@H](C)[C@H](OC(C)=O)[C@@H]1C)C4=O. The number of aliphatic hydroxyl groups is 2. The Morgan fingerprint density at radius 1 is 0.949 bits per heavy atom. The molecule has 15 heteroatoms. The highest BCUT2D eigenvalue weighted by molar-refractivity contribution is 6.32. The zero-order chi connectivity index (χ0) is 43.2. The molecule has 314 valence electrons. The van der Waals surface area contributed by atoms with Crippen molar-refractivity contribution in [2.45, 2.75) is 91.6 Å². The lowest BCUT2D eigenvalue weighted by Gasteiger charge is -2.37. The molecule has 10 atom stereocenters. The summed E-state index contributed by atoms with van der Waals surface area (Å²) in [5.74, 6) is -11.0. The monoisotopic (exact) mass is 814 g/mol. The number of phenolic OH excluding ortho intramolecular Hbond substituents is 1. The highest BCUT2D eigenvalue weighted by atomic mass is 16.7. The van der Waals surface area contributed by atoms with Crippen LogP contribution in [0.15, 0.2) is 65.7 Å². The molecule has 5 aliphatic rings. The van der Waals surface area contributed by atoms with Crippen molar-refractivity contribution in [3.05, 3.63) is 93.5 Å². The fraction of sp³-hybridized carbons (Fsp3) is 0.455. The number of phenols is 1. The maximum absolute atomic E-state index is 14.6. The number of methoxy groups -OCH3 is 1. The van der Waals surface area contributed by atoms with Crippen LogP contribution in [0.5, 0.6) is 11.5 Å². The highest BCUT2D eigenvalue weighted by Gasteiger charge is 2.53. The first kappa shape index (κ1) is 43.0. The lowest BCUT2D eigenvalue weighted by atomic mass is 9.79. The number of esters is 1. The second kappa shape index (κ2) is 16.5. The van der Waals surface area contributed by atoms with Gasteiger partial charge in [0.2, 0.25) is 11.6 Å². The van der Waals surface area contributed by atoms with E-state index in [2.05, 4.69) is 10.6 Å². The molecule has 5 N–H and O–H groups in total. The third-order valence-corrected chi connectivity index (χ3v) is 12.0. The maximum atomic E-state index is 14.6. The number of allylic oxidation sites excluding steroid dienone is 3. The molecule has 3 heterocycles. The number of ether oxygens (including phenoxy) is 4. The van der Waals surface area contributed by atoms with Crippen LogP contribution in [0.1, 0.15) is 90.2 Å². The smallest absolute Gasteiger partial charge is 0.312 e. The number of rotatable bonds is 5. The van der Waals surface area contributed by atoms with Crippen molar-refractivity contribution in [1.82, 2.24) is 10.6 Å². The first-order valence-corrected chi connectivity index (χ1v) is 19.5. The zero-order valence-electron chi connectivity index (χ0n) is 34.2. The molecule has 5 bridgehead atoms. The molecule has 0 unspecified atom stereocenters. The van der Waals surface area contributed by atoms with E-state index in [0.717, 1.165) is 12.3 Å². The van der Waals surface area contributed by atoms with Crippen LogP contribution in [-0.4, -0.2) is 87.6 Å². The topological polar surface area (TPSA) is 224 Å². The van der Waals surface area contributed by atoms with Crippen molar-refractivity contribution < 1.29 is 63.0 Å². The molecule has 2 aliphatic carbocycles. The number of nitrogens with one attached hydrogen (secondary N) is 2. The molecule has 1 fully saturated rings. The Balaban J connectivity index is 1.47. The van der Waals surface area contributed by atoms with Crippen LogP contribution in [0.2, 0.25) is 0 Å². The summed E-state index contributed by atoms with van der Waals surface area (Å²) in [6.45, 7) is 10.3. The molecule has 59 heavy (non-hydrogen) atoms. The molecular formula is C44H50N2O13. The molecule has 3 aliphatic heterocycles. The van der Waals surface area contributed by atoms with E-state index in [1.54, 1.807) is 51.1 Å². The standard InChI is InChI=1S/C44H50N2O13/c1-19-16-28(48)26-17-27(26)36(50)21(3)35(49)22(4)40(58-24(6)47)20(2)29(56-8)14-15-57-44(7)42(54)32-30-31(37(51)23(5)41(32)59-44)39(53)34(46-43(19)55)33(38(30)52)45-18-25-12-10-9-11-13-25/h9-16,20-22,26-27,29,35-36,40,45,49-51H,17-18H2,1-8H3,(H,46,55)/b15-14+,19-16-/t20-,21+,22-,26-,27+,29+,35-,36-,40-,44+/m1/s1. The summed E-state index contributed by atoms with van der Waals surface area (Å²) in [5, 5.41) is 39.8. The molecule has 0 saturated heterocycles. The number of amides is 1. The highest BCUT2D eigenvalue weighted by Crippen LogP contribution is 2.49. The van der Waals surface area contributed by atoms with Gasteiger partial charge in [0.1, 0.15) is 29.0 Å². The summed E-state index contributed by atoms with van der Waals surface area (Å²) in [4.78, 5) is 82.9. The van der Waals surface area contributed by atoms with Gasteiger partial charge in [0.15, 0.2) is 5.78 Å². The number of aliphatic hydroxyl groups excluding tert-OH is 2. The molecule has 2 aromatic rings. The van der Waals surface area contributed by atoms with Crippen LogP contribution in [0.4, 0.5) is 0 Å². The fourth-order valence-corrected chi connectivity index (χ4v) is 8.30. The summed E-state index contributed by atoms with van der Waals surface area (Å²) in [6, 6.07) is 8.88. The van der Waals surface area contributed by atoms with E-state index in [0.29, 0.717) is 5.56 Å². The largest absolute Gasteiger partial charge is 0.507 e. The van der Waals surface area contributed by atoms with Gasteiger partial charge in [0.05, 0.1) is 41.3 Å².